The number of rotatable bonds is 6. The highest BCUT2D eigenvalue weighted by atomic mass is 35.5. The third-order valence-corrected chi connectivity index (χ3v) is 4.01. The summed E-state index contributed by atoms with van der Waals surface area (Å²) in [6.07, 6.45) is 0.748. The molecule has 0 spiro atoms. The maximum atomic E-state index is 5.93. The molecule has 1 aromatic heterocycles. The molecule has 2 N–H and O–H groups in total. The number of thiophene rings is 1. The summed E-state index contributed by atoms with van der Waals surface area (Å²) in [6, 6.07) is 9.76. The summed E-state index contributed by atoms with van der Waals surface area (Å²) >= 11 is 7.44. The lowest BCUT2D eigenvalue weighted by Crippen LogP contribution is -2.18. The van der Waals surface area contributed by atoms with Gasteiger partial charge < -0.3 is 15.2 Å². The Morgan fingerprint density at radius 1 is 1.30 bits per heavy atom. The van der Waals surface area contributed by atoms with Gasteiger partial charge in [-0.25, -0.2) is 0 Å². The molecule has 2 rings (SSSR count). The van der Waals surface area contributed by atoms with Crippen molar-refractivity contribution < 1.29 is 9.47 Å². The van der Waals surface area contributed by atoms with Crippen molar-refractivity contribution in [3.05, 3.63) is 45.1 Å². The fraction of sp³-hybridized carbons (Fsp3) is 0.333. The van der Waals surface area contributed by atoms with Crippen LogP contribution in [0, 0.1) is 0 Å². The molecule has 1 atom stereocenters. The first kappa shape index (κ1) is 15.2. The van der Waals surface area contributed by atoms with E-state index >= 15 is 0 Å². The Morgan fingerprint density at radius 2 is 2.10 bits per heavy atom. The number of hydrogen-bond donors (Lipinski definition) is 1. The van der Waals surface area contributed by atoms with E-state index in [1.807, 2.05) is 37.3 Å². The van der Waals surface area contributed by atoms with Gasteiger partial charge in [0.15, 0.2) is 11.5 Å². The third kappa shape index (κ3) is 3.88. The predicted octanol–water partition coefficient (Wildman–Crippen LogP) is 3.88. The molecule has 0 saturated carbocycles. The summed E-state index contributed by atoms with van der Waals surface area (Å²) in [5, 5.41) is 0. The lowest BCUT2D eigenvalue weighted by atomic mass is 10.1. The van der Waals surface area contributed by atoms with Crippen LogP contribution in [0.2, 0.25) is 4.34 Å². The second kappa shape index (κ2) is 6.97. The van der Waals surface area contributed by atoms with Crippen molar-refractivity contribution in [3.8, 4) is 11.5 Å². The van der Waals surface area contributed by atoms with Crippen molar-refractivity contribution >= 4 is 22.9 Å². The molecular formula is C15H18ClNO2S. The van der Waals surface area contributed by atoms with Crippen molar-refractivity contribution in [2.24, 2.45) is 5.73 Å². The van der Waals surface area contributed by atoms with Gasteiger partial charge in [-0.3, -0.25) is 0 Å². The standard InChI is InChI=1S/C15H18ClNO2S/c1-10(17)8-11-4-3-5-13(18-2)15(11)19-9-12-6-7-14(16)20-12/h3-7,10H,8-9,17H2,1-2H3. The molecule has 3 nitrogen and oxygen atoms in total. The van der Waals surface area contributed by atoms with Crippen molar-refractivity contribution in [2.75, 3.05) is 7.11 Å². The molecule has 2 aromatic rings. The highest BCUT2D eigenvalue weighted by Gasteiger charge is 2.12. The average molecular weight is 312 g/mol. The second-order valence-electron chi connectivity index (χ2n) is 4.62. The number of ether oxygens (including phenoxy) is 2. The van der Waals surface area contributed by atoms with Gasteiger partial charge in [-0.05, 0) is 37.1 Å². The maximum absolute atomic E-state index is 5.93. The van der Waals surface area contributed by atoms with Crippen LogP contribution in [0.15, 0.2) is 30.3 Å². The Kier molecular flexibility index (Phi) is 5.29. The molecule has 1 heterocycles. The first-order chi connectivity index (χ1) is 9.60. The van der Waals surface area contributed by atoms with Crippen LogP contribution in [-0.4, -0.2) is 13.2 Å². The van der Waals surface area contributed by atoms with Gasteiger partial charge >= 0.3 is 0 Å². The highest BCUT2D eigenvalue weighted by Crippen LogP contribution is 2.33. The van der Waals surface area contributed by atoms with Crippen LogP contribution in [0.4, 0.5) is 0 Å². The minimum Gasteiger partial charge on any atom is -0.493 e. The first-order valence-electron chi connectivity index (χ1n) is 6.38. The monoisotopic (exact) mass is 311 g/mol. The van der Waals surface area contributed by atoms with Crippen molar-refractivity contribution in [3.63, 3.8) is 0 Å². The number of para-hydroxylation sites is 1. The molecule has 0 saturated heterocycles. The summed E-state index contributed by atoms with van der Waals surface area (Å²) in [4.78, 5) is 1.08. The normalized spacial score (nSPS) is 12.2. The molecule has 108 valence electrons. The molecule has 0 amide bonds. The second-order valence-corrected chi connectivity index (χ2v) is 6.42. The zero-order valence-corrected chi connectivity index (χ0v) is 13.1. The van der Waals surface area contributed by atoms with Crippen LogP contribution in [0.1, 0.15) is 17.4 Å². The van der Waals surface area contributed by atoms with Gasteiger partial charge in [0, 0.05) is 10.9 Å². The molecule has 0 fully saturated rings. The van der Waals surface area contributed by atoms with Crippen molar-refractivity contribution in [1.82, 2.24) is 0 Å². The molecule has 5 heteroatoms. The maximum Gasteiger partial charge on any atom is 0.164 e. The molecule has 0 aliphatic carbocycles. The van der Waals surface area contributed by atoms with E-state index in [-0.39, 0.29) is 6.04 Å². The fourth-order valence-electron chi connectivity index (χ4n) is 1.97. The topological polar surface area (TPSA) is 44.5 Å². The number of halogens is 1. The lowest BCUT2D eigenvalue weighted by molar-refractivity contribution is 0.283. The molecular weight excluding hydrogens is 294 g/mol. The Balaban J connectivity index is 2.19. The Hall–Kier alpha value is -1.23. The first-order valence-corrected chi connectivity index (χ1v) is 7.58. The van der Waals surface area contributed by atoms with Gasteiger partial charge in [0.2, 0.25) is 0 Å². The van der Waals surface area contributed by atoms with E-state index < -0.39 is 0 Å². The van der Waals surface area contributed by atoms with E-state index in [1.165, 1.54) is 11.3 Å². The Labute approximate surface area is 128 Å². The zero-order valence-electron chi connectivity index (χ0n) is 11.6. The van der Waals surface area contributed by atoms with Crippen LogP contribution in [-0.2, 0) is 13.0 Å². The minimum absolute atomic E-state index is 0.0700. The Morgan fingerprint density at radius 3 is 2.70 bits per heavy atom. The SMILES string of the molecule is COc1cccc(CC(C)N)c1OCc1ccc(Cl)s1. The largest absolute Gasteiger partial charge is 0.493 e. The van der Waals surface area contributed by atoms with Gasteiger partial charge in [-0.1, -0.05) is 23.7 Å². The molecule has 20 heavy (non-hydrogen) atoms. The van der Waals surface area contributed by atoms with E-state index in [9.17, 15) is 0 Å². The molecule has 0 bridgehead atoms. The predicted molar refractivity (Wildman–Crippen MR) is 84.0 cm³/mol. The van der Waals surface area contributed by atoms with Gasteiger partial charge in [-0.15, -0.1) is 11.3 Å². The van der Waals surface area contributed by atoms with Crippen LogP contribution in [0.25, 0.3) is 0 Å². The molecule has 1 unspecified atom stereocenters. The summed E-state index contributed by atoms with van der Waals surface area (Å²) in [5.74, 6) is 1.49. The average Bonchev–Trinajstić information content (AvgIpc) is 2.82. The molecule has 1 aromatic carbocycles. The van der Waals surface area contributed by atoms with Crippen LogP contribution >= 0.6 is 22.9 Å². The van der Waals surface area contributed by atoms with E-state index in [4.69, 9.17) is 26.8 Å². The quantitative estimate of drug-likeness (QED) is 0.880. The number of benzene rings is 1. The Bertz CT molecular complexity index is 569. The van der Waals surface area contributed by atoms with Crippen LogP contribution in [0.3, 0.4) is 0 Å². The van der Waals surface area contributed by atoms with E-state index in [0.717, 1.165) is 32.7 Å². The van der Waals surface area contributed by atoms with Crippen LogP contribution in [0.5, 0.6) is 11.5 Å². The van der Waals surface area contributed by atoms with Crippen molar-refractivity contribution in [1.29, 1.82) is 0 Å². The van der Waals surface area contributed by atoms with Gasteiger partial charge in [0.25, 0.3) is 0 Å². The molecule has 0 radical (unpaired) electrons. The van der Waals surface area contributed by atoms with Crippen molar-refractivity contribution in [2.45, 2.75) is 26.0 Å². The summed E-state index contributed by atoms with van der Waals surface area (Å²) in [6.45, 7) is 2.45. The van der Waals surface area contributed by atoms with Gasteiger partial charge in [0.1, 0.15) is 6.61 Å². The summed E-state index contributed by atoms with van der Waals surface area (Å²) in [5.41, 5.74) is 6.94. The van der Waals surface area contributed by atoms with E-state index in [0.29, 0.717) is 6.61 Å². The summed E-state index contributed by atoms with van der Waals surface area (Å²) in [7, 11) is 1.64. The fourth-order valence-corrected chi connectivity index (χ4v) is 2.97. The van der Waals surface area contributed by atoms with Crippen LogP contribution < -0.4 is 15.2 Å². The minimum atomic E-state index is 0.0700. The zero-order chi connectivity index (χ0) is 14.5. The van der Waals surface area contributed by atoms with Gasteiger partial charge in [-0.2, -0.15) is 0 Å². The number of nitrogens with two attached hydrogens (primary N) is 1. The lowest BCUT2D eigenvalue weighted by Gasteiger charge is -2.15. The smallest absolute Gasteiger partial charge is 0.164 e. The van der Waals surface area contributed by atoms with E-state index in [1.54, 1.807) is 7.11 Å². The highest BCUT2D eigenvalue weighted by molar-refractivity contribution is 7.16. The molecule has 0 aliphatic heterocycles. The number of hydrogen-bond acceptors (Lipinski definition) is 4. The molecule has 0 aliphatic rings. The van der Waals surface area contributed by atoms with Gasteiger partial charge in [0.05, 0.1) is 11.4 Å². The summed E-state index contributed by atoms with van der Waals surface area (Å²) < 4.78 is 12.1. The number of methoxy groups -OCH3 is 1. The third-order valence-electron chi connectivity index (χ3n) is 2.81. The van der Waals surface area contributed by atoms with E-state index in [2.05, 4.69) is 0 Å².